The minimum Gasteiger partial charge on any atom is -0.347 e. The van der Waals surface area contributed by atoms with E-state index in [1.54, 1.807) is 36.4 Å². The van der Waals surface area contributed by atoms with Crippen LogP contribution in [0, 0.1) is 17.1 Å². The van der Waals surface area contributed by atoms with Crippen LogP contribution >= 0.6 is 0 Å². The maximum atomic E-state index is 12.9. The molecule has 0 unspecified atom stereocenters. The highest BCUT2D eigenvalue weighted by molar-refractivity contribution is 5.92. The van der Waals surface area contributed by atoms with Gasteiger partial charge in [0.2, 0.25) is 0 Å². The van der Waals surface area contributed by atoms with E-state index >= 15 is 0 Å². The van der Waals surface area contributed by atoms with E-state index in [0.717, 1.165) is 11.3 Å². The van der Waals surface area contributed by atoms with Crippen molar-refractivity contribution in [3.63, 3.8) is 0 Å². The highest BCUT2D eigenvalue weighted by Crippen LogP contribution is 2.14. The molecule has 2 aromatic carbocycles. The SMILES string of the molecule is N#Cc1ccc(Nc2cnc(C(=O)NCc3ccc(F)cc3)cn2)cc1. The van der Waals surface area contributed by atoms with E-state index in [0.29, 0.717) is 11.4 Å². The second kappa shape index (κ2) is 7.85. The minimum atomic E-state index is -0.369. The molecule has 128 valence electrons. The largest absolute Gasteiger partial charge is 0.347 e. The maximum absolute atomic E-state index is 12.9. The number of nitriles is 1. The molecule has 3 rings (SSSR count). The van der Waals surface area contributed by atoms with Gasteiger partial charge in [0.05, 0.1) is 24.0 Å². The van der Waals surface area contributed by atoms with Crippen LogP contribution in [0.2, 0.25) is 0 Å². The van der Waals surface area contributed by atoms with Crippen LogP contribution in [0.5, 0.6) is 0 Å². The average Bonchev–Trinajstić information content (AvgIpc) is 2.68. The molecule has 1 aromatic heterocycles. The second-order valence-corrected chi connectivity index (χ2v) is 5.41. The van der Waals surface area contributed by atoms with Crippen molar-refractivity contribution >= 4 is 17.4 Å². The van der Waals surface area contributed by atoms with E-state index < -0.39 is 0 Å². The Bertz CT molecular complexity index is 932. The molecule has 1 amide bonds. The van der Waals surface area contributed by atoms with Crippen molar-refractivity contribution in [2.75, 3.05) is 5.32 Å². The first kappa shape index (κ1) is 17.0. The van der Waals surface area contributed by atoms with Crippen LogP contribution < -0.4 is 10.6 Å². The van der Waals surface area contributed by atoms with Crippen molar-refractivity contribution in [3.05, 3.63) is 83.6 Å². The van der Waals surface area contributed by atoms with Gasteiger partial charge in [-0.1, -0.05) is 12.1 Å². The molecule has 1 heterocycles. The van der Waals surface area contributed by atoms with Gasteiger partial charge in [-0.05, 0) is 42.0 Å². The summed E-state index contributed by atoms with van der Waals surface area (Å²) in [6, 6.07) is 14.8. The molecular formula is C19H14FN5O. The first-order valence-electron chi connectivity index (χ1n) is 7.76. The zero-order valence-electron chi connectivity index (χ0n) is 13.6. The molecule has 0 atom stereocenters. The molecule has 2 N–H and O–H groups in total. The molecule has 0 aliphatic rings. The maximum Gasteiger partial charge on any atom is 0.271 e. The second-order valence-electron chi connectivity index (χ2n) is 5.41. The number of amides is 1. The average molecular weight is 347 g/mol. The number of hydrogen-bond acceptors (Lipinski definition) is 5. The Morgan fingerprint density at radius 2 is 1.77 bits per heavy atom. The van der Waals surface area contributed by atoms with Gasteiger partial charge in [0.15, 0.2) is 0 Å². The number of halogens is 1. The highest BCUT2D eigenvalue weighted by Gasteiger charge is 2.08. The lowest BCUT2D eigenvalue weighted by atomic mass is 10.2. The lowest BCUT2D eigenvalue weighted by Crippen LogP contribution is -2.24. The molecule has 0 radical (unpaired) electrons. The fourth-order valence-electron chi connectivity index (χ4n) is 2.16. The van der Waals surface area contributed by atoms with Crippen LogP contribution in [0.3, 0.4) is 0 Å². The zero-order valence-corrected chi connectivity index (χ0v) is 13.6. The van der Waals surface area contributed by atoms with Crippen molar-refractivity contribution in [3.8, 4) is 6.07 Å². The van der Waals surface area contributed by atoms with Crippen LogP contribution in [-0.4, -0.2) is 15.9 Å². The summed E-state index contributed by atoms with van der Waals surface area (Å²) < 4.78 is 12.9. The quantitative estimate of drug-likeness (QED) is 0.740. The fourth-order valence-corrected chi connectivity index (χ4v) is 2.16. The number of rotatable bonds is 5. The molecule has 0 aliphatic heterocycles. The third-order valence-electron chi connectivity index (χ3n) is 3.54. The molecule has 26 heavy (non-hydrogen) atoms. The molecular weight excluding hydrogens is 333 g/mol. The van der Waals surface area contributed by atoms with Gasteiger partial charge >= 0.3 is 0 Å². The summed E-state index contributed by atoms with van der Waals surface area (Å²) in [5, 5.41) is 14.5. The summed E-state index contributed by atoms with van der Waals surface area (Å²) in [6.07, 6.45) is 2.82. The van der Waals surface area contributed by atoms with Gasteiger partial charge in [0.25, 0.3) is 5.91 Å². The van der Waals surface area contributed by atoms with Gasteiger partial charge in [0, 0.05) is 12.2 Å². The summed E-state index contributed by atoms with van der Waals surface area (Å²) in [4.78, 5) is 20.3. The Labute approximate surface area is 149 Å². The first-order chi connectivity index (χ1) is 12.6. The van der Waals surface area contributed by atoms with Crippen molar-refractivity contribution < 1.29 is 9.18 Å². The third-order valence-corrected chi connectivity index (χ3v) is 3.54. The van der Waals surface area contributed by atoms with E-state index in [-0.39, 0.29) is 24.0 Å². The van der Waals surface area contributed by atoms with Gasteiger partial charge < -0.3 is 10.6 Å². The molecule has 0 bridgehead atoms. The van der Waals surface area contributed by atoms with Gasteiger partial charge in [-0.2, -0.15) is 5.26 Å². The Hall–Kier alpha value is -3.79. The van der Waals surface area contributed by atoms with Crippen molar-refractivity contribution in [2.24, 2.45) is 0 Å². The highest BCUT2D eigenvalue weighted by atomic mass is 19.1. The Balaban J connectivity index is 1.58. The smallest absolute Gasteiger partial charge is 0.271 e. The Kier molecular flexibility index (Phi) is 5.15. The molecule has 0 spiro atoms. The summed E-state index contributed by atoms with van der Waals surface area (Å²) >= 11 is 0. The molecule has 7 heteroatoms. The zero-order chi connectivity index (χ0) is 18.4. The van der Waals surface area contributed by atoms with Gasteiger partial charge in [-0.15, -0.1) is 0 Å². The van der Waals surface area contributed by atoms with E-state index in [1.807, 2.05) is 6.07 Å². The van der Waals surface area contributed by atoms with E-state index in [4.69, 9.17) is 5.26 Å². The lowest BCUT2D eigenvalue weighted by Gasteiger charge is -2.07. The Morgan fingerprint density at radius 3 is 2.38 bits per heavy atom. The normalized spacial score (nSPS) is 10.0. The monoisotopic (exact) mass is 347 g/mol. The molecule has 0 aliphatic carbocycles. The van der Waals surface area contributed by atoms with Crippen molar-refractivity contribution in [2.45, 2.75) is 6.54 Å². The van der Waals surface area contributed by atoms with Crippen LogP contribution in [0.15, 0.2) is 60.9 Å². The van der Waals surface area contributed by atoms with Gasteiger partial charge in [-0.3, -0.25) is 4.79 Å². The van der Waals surface area contributed by atoms with Gasteiger partial charge in [0.1, 0.15) is 17.3 Å². The first-order valence-corrected chi connectivity index (χ1v) is 7.76. The third kappa shape index (κ3) is 4.39. The van der Waals surface area contributed by atoms with Crippen LogP contribution in [0.1, 0.15) is 21.6 Å². The van der Waals surface area contributed by atoms with Crippen molar-refractivity contribution in [1.29, 1.82) is 5.26 Å². The minimum absolute atomic E-state index is 0.178. The summed E-state index contributed by atoms with van der Waals surface area (Å²) in [6.45, 7) is 0.270. The number of aromatic nitrogens is 2. The molecule has 0 saturated heterocycles. The molecule has 0 saturated carbocycles. The molecule has 6 nitrogen and oxygen atoms in total. The summed E-state index contributed by atoms with van der Waals surface area (Å²) in [5.74, 6) is -0.215. The van der Waals surface area contributed by atoms with Gasteiger partial charge in [-0.25, -0.2) is 14.4 Å². The molecule has 3 aromatic rings. The van der Waals surface area contributed by atoms with E-state index in [2.05, 4.69) is 20.6 Å². The van der Waals surface area contributed by atoms with E-state index in [9.17, 15) is 9.18 Å². The lowest BCUT2D eigenvalue weighted by molar-refractivity contribution is 0.0945. The number of hydrogen-bond donors (Lipinski definition) is 2. The summed E-state index contributed by atoms with van der Waals surface area (Å²) in [5.41, 5.74) is 2.28. The number of benzene rings is 2. The number of carbonyl (C=O) groups is 1. The topological polar surface area (TPSA) is 90.7 Å². The summed E-state index contributed by atoms with van der Waals surface area (Å²) in [7, 11) is 0. The predicted molar refractivity (Wildman–Crippen MR) is 94.0 cm³/mol. The number of anilines is 2. The molecule has 0 fully saturated rings. The Morgan fingerprint density at radius 1 is 1.04 bits per heavy atom. The van der Waals surface area contributed by atoms with Crippen LogP contribution in [0.4, 0.5) is 15.9 Å². The van der Waals surface area contributed by atoms with E-state index in [1.165, 1.54) is 24.5 Å². The standard InChI is InChI=1S/C19H14FN5O/c20-15-5-1-14(2-6-15)10-24-19(26)17-11-23-18(12-22-17)25-16-7-3-13(9-21)4-8-16/h1-8,11-12H,10H2,(H,23,25)(H,24,26). The van der Waals surface area contributed by atoms with Crippen molar-refractivity contribution in [1.82, 2.24) is 15.3 Å². The number of carbonyl (C=O) groups excluding carboxylic acids is 1. The van der Waals surface area contributed by atoms with Crippen LogP contribution in [0.25, 0.3) is 0 Å². The number of nitrogens with one attached hydrogen (secondary N) is 2. The fraction of sp³-hybridized carbons (Fsp3) is 0.0526. The number of nitrogens with zero attached hydrogens (tertiary/aromatic N) is 3. The predicted octanol–water partition coefficient (Wildman–Crippen LogP) is 3.16. The van der Waals surface area contributed by atoms with Crippen LogP contribution in [-0.2, 0) is 6.54 Å².